The van der Waals surface area contributed by atoms with Crippen LogP contribution in [0.15, 0.2) is 29.2 Å². The van der Waals surface area contributed by atoms with Gasteiger partial charge in [0, 0.05) is 24.2 Å². The summed E-state index contributed by atoms with van der Waals surface area (Å²) >= 11 is 0. The minimum atomic E-state index is -3.64. The van der Waals surface area contributed by atoms with Gasteiger partial charge in [-0.05, 0) is 31.4 Å². The number of nitrogens with one attached hydrogen (secondary N) is 1. The molecule has 0 amide bonds. The topological polar surface area (TPSA) is 115 Å². The molecular weight excluding hydrogens is 270 g/mol. The maximum atomic E-state index is 12.1. The lowest BCUT2D eigenvalue weighted by Crippen LogP contribution is -2.34. The summed E-state index contributed by atoms with van der Waals surface area (Å²) in [6.07, 6.45) is 2.13. The number of rotatable bonds is 4. The minimum absolute atomic E-state index is 0.0265. The van der Waals surface area contributed by atoms with Crippen LogP contribution in [0, 0.1) is 10.1 Å². The van der Waals surface area contributed by atoms with Gasteiger partial charge in [-0.3, -0.25) is 10.1 Å². The minimum Gasteiger partial charge on any atom is -0.328 e. The van der Waals surface area contributed by atoms with E-state index in [0.717, 1.165) is 6.42 Å². The Morgan fingerprint density at radius 3 is 2.37 bits per heavy atom. The van der Waals surface area contributed by atoms with Crippen molar-refractivity contribution in [2.45, 2.75) is 36.2 Å². The van der Waals surface area contributed by atoms with Crippen molar-refractivity contribution in [1.29, 1.82) is 0 Å². The number of hydrogen-bond donors (Lipinski definition) is 2. The van der Waals surface area contributed by atoms with E-state index in [-0.39, 0.29) is 22.7 Å². The van der Waals surface area contributed by atoms with Gasteiger partial charge in [0.05, 0.1) is 9.82 Å². The molecule has 1 aromatic carbocycles. The zero-order valence-electron chi connectivity index (χ0n) is 10.2. The fraction of sp³-hybridized carbons (Fsp3) is 0.455. The third-order valence-corrected chi connectivity index (χ3v) is 4.69. The van der Waals surface area contributed by atoms with Crippen molar-refractivity contribution in [3.63, 3.8) is 0 Å². The fourth-order valence-electron chi connectivity index (χ4n) is 2.16. The van der Waals surface area contributed by atoms with Gasteiger partial charge >= 0.3 is 0 Å². The summed E-state index contributed by atoms with van der Waals surface area (Å²) in [5.41, 5.74) is 5.59. The van der Waals surface area contributed by atoms with E-state index in [4.69, 9.17) is 5.73 Å². The molecule has 0 saturated heterocycles. The average molecular weight is 285 g/mol. The monoisotopic (exact) mass is 285 g/mol. The Hall–Kier alpha value is -1.51. The summed E-state index contributed by atoms with van der Waals surface area (Å²) in [6, 6.07) is 4.69. The molecular formula is C11H15N3O4S. The molecule has 0 radical (unpaired) electrons. The summed E-state index contributed by atoms with van der Waals surface area (Å²) in [4.78, 5) is 9.96. The number of benzene rings is 1. The van der Waals surface area contributed by atoms with Gasteiger partial charge in [0.1, 0.15) is 0 Å². The molecule has 0 bridgehead atoms. The van der Waals surface area contributed by atoms with Crippen LogP contribution in [-0.2, 0) is 10.0 Å². The standard InChI is InChI=1S/C11H15N3O4S/c12-8-1-2-9(7-8)13-19(17,18)11-5-3-10(4-6-11)14(15)16/h3-6,8-9,13H,1-2,7,12H2/t8-,9+/m1/s1. The molecule has 2 atom stereocenters. The Kier molecular flexibility index (Phi) is 3.83. The molecule has 1 aromatic rings. The highest BCUT2D eigenvalue weighted by Crippen LogP contribution is 2.21. The lowest BCUT2D eigenvalue weighted by atomic mass is 10.2. The molecule has 0 aromatic heterocycles. The second-order valence-electron chi connectivity index (χ2n) is 4.64. The first-order chi connectivity index (χ1) is 8.88. The third kappa shape index (κ3) is 3.28. The van der Waals surface area contributed by atoms with Gasteiger partial charge in [-0.1, -0.05) is 0 Å². The Bertz CT molecular complexity index is 570. The van der Waals surface area contributed by atoms with Crippen molar-refractivity contribution in [3.8, 4) is 0 Å². The van der Waals surface area contributed by atoms with E-state index in [0.29, 0.717) is 12.8 Å². The first-order valence-corrected chi connectivity index (χ1v) is 7.39. The second-order valence-corrected chi connectivity index (χ2v) is 6.36. The van der Waals surface area contributed by atoms with Gasteiger partial charge in [0.15, 0.2) is 0 Å². The number of non-ortho nitro benzene ring substituents is 1. The molecule has 1 saturated carbocycles. The molecule has 0 unspecified atom stereocenters. The normalized spacial score (nSPS) is 23.4. The predicted molar refractivity (Wildman–Crippen MR) is 69.0 cm³/mol. The number of nitro groups is 1. The lowest BCUT2D eigenvalue weighted by Gasteiger charge is -2.12. The Labute approximate surface area is 111 Å². The molecule has 2 rings (SSSR count). The zero-order valence-corrected chi connectivity index (χ0v) is 11.0. The van der Waals surface area contributed by atoms with Gasteiger partial charge in [0.2, 0.25) is 10.0 Å². The predicted octanol–water partition coefficient (Wildman–Crippen LogP) is 0.753. The molecule has 3 N–H and O–H groups in total. The van der Waals surface area contributed by atoms with E-state index in [2.05, 4.69) is 4.72 Å². The number of nitrogens with two attached hydrogens (primary N) is 1. The summed E-state index contributed by atoms with van der Waals surface area (Å²) in [6.45, 7) is 0. The van der Waals surface area contributed by atoms with Crippen molar-refractivity contribution in [2.75, 3.05) is 0 Å². The van der Waals surface area contributed by atoms with E-state index >= 15 is 0 Å². The van der Waals surface area contributed by atoms with Crippen LogP contribution in [0.25, 0.3) is 0 Å². The number of nitro benzene ring substituents is 1. The Morgan fingerprint density at radius 1 is 1.26 bits per heavy atom. The molecule has 0 heterocycles. The van der Waals surface area contributed by atoms with Crippen molar-refractivity contribution in [2.24, 2.45) is 5.73 Å². The van der Waals surface area contributed by atoms with E-state index in [1.165, 1.54) is 24.3 Å². The molecule has 19 heavy (non-hydrogen) atoms. The first kappa shape index (κ1) is 13.9. The van der Waals surface area contributed by atoms with E-state index < -0.39 is 14.9 Å². The number of nitrogens with zero attached hydrogens (tertiary/aromatic N) is 1. The fourth-order valence-corrected chi connectivity index (χ4v) is 3.44. The van der Waals surface area contributed by atoms with Gasteiger partial charge in [-0.2, -0.15) is 0 Å². The lowest BCUT2D eigenvalue weighted by molar-refractivity contribution is -0.384. The first-order valence-electron chi connectivity index (χ1n) is 5.91. The summed E-state index contributed by atoms with van der Waals surface area (Å²) in [5, 5.41) is 10.5. The quantitative estimate of drug-likeness (QED) is 0.625. The van der Waals surface area contributed by atoms with Crippen molar-refractivity contribution in [1.82, 2.24) is 4.72 Å². The van der Waals surface area contributed by atoms with Crippen molar-refractivity contribution < 1.29 is 13.3 Å². The SMILES string of the molecule is N[C@@H]1CC[C@H](NS(=O)(=O)c2ccc([N+](=O)[O-])cc2)C1. The summed E-state index contributed by atoms with van der Waals surface area (Å²) in [5.74, 6) is 0. The summed E-state index contributed by atoms with van der Waals surface area (Å²) < 4.78 is 26.7. The van der Waals surface area contributed by atoms with Gasteiger partial charge in [-0.25, -0.2) is 13.1 Å². The number of hydrogen-bond acceptors (Lipinski definition) is 5. The highest BCUT2D eigenvalue weighted by Gasteiger charge is 2.26. The molecule has 1 aliphatic rings. The Balaban J connectivity index is 2.13. The van der Waals surface area contributed by atoms with Crippen LogP contribution in [-0.4, -0.2) is 25.4 Å². The molecule has 0 aliphatic heterocycles. The van der Waals surface area contributed by atoms with Gasteiger partial charge in [-0.15, -0.1) is 0 Å². The van der Waals surface area contributed by atoms with Gasteiger partial charge < -0.3 is 5.73 Å². The highest BCUT2D eigenvalue weighted by atomic mass is 32.2. The van der Waals surface area contributed by atoms with E-state index in [9.17, 15) is 18.5 Å². The van der Waals surface area contributed by atoms with E-state index in [1.807, 2.05) is 0 Å². The molecule has 1 fully saturated rings. The van der Waals surface area contributed by atoms with E-state index in [1.54, 1.807) is 0 Å². The molecule has 1 aliphatic carbocycles. The van der Waals surface area contributed by atoms with Gasteiger partial charge in [0.25, 0.3) is 5.69 Å². The largest absolute Gasteiger partial charge is 0.328 e. The zero-order chi connectivity index (χ0) is 14.0. The van der Waals surface area contributed by atoms with Crippen LogP contribution in [0.1, 0.15) is 19.3 Å². The molecule has 0 spiro atoms. The molecule has 104 valence electrons. The summed E-state index contributed by atoms with van der Waals surface area (Å²) in [7, 11) is -3.64. The molecule has 7 nitrogen and oxygen atoms in total. The number of sulfonamides is 1. The third-order valence-electron chi connectivity index (χ3n) is 3.15. The Morgan fingerprint density at radius 2 is 1.89 bits per heavy atom. The maximum absolute atomic E-state index is 12.1. The van der Waals surface area contributed by atoms with Crippen LogP contribution in [0.5, 0.6) is 0 Å². The van der Waals surface area contributed by atoms with Crippen LogP contribution in [0.4, 0.5) is 5.69 Å². The average Bonchev–Trinajstić information content (AvgIpc) is 2.74. The highest BCUT2D eigenvalue weighted by molar-refractivity contribution is 7.89. The van der Waals surface area contributed by atoms with Crippen molar-refractivity contribution >= 4 is 15.7 Å². The maximum Gasteiger partial charge on any atom is 0.269 e. The second kappa shape index (κ2) is 5.24. The van der Waals surface area contributed by atoms with Crippen LogP contribution in [0.3, 0.4) is 0 Å². The van der Waals surface area contributed by atoms with Crippen molar-refractivity contribution in [3.05, 3.63) is 34.4 Å². The smallest absolute Gasteiger partial charge is 0.269 e. The van der Waals surface area contributed by atoms with Crippen LogP contribution >= 0.6 is 0 Å². The van der Waals surface area contributed by atoms with Crippen LogP contribution < -0.4 is 10.5 Å². The van der Waals surface area contributed by atoms with Crippen LogP contribution in [0.2, 0.25) is 0 Å². The molecule has 8 heteroatoms.